The van der Waals surface area contributed by atoms with Crippen LogP contribution in [0.4, 0.5) is 0 Å². The number of oxime groups is 1. The number of benzene rings is 1. The van der Waals surface area contributed by atoms with E-state index >= 15 is 0 Å². The van der Waals surface area contributed by atoms with E-state index in [1.807, 2.05) is 0 Å². The van der Waals surface area contributed by atoms with Crippen molar-refractivity contribution in [3.8, 4) is 5.75 Å². The maximum atomic E-state index is 11.6. The van der Waals surface area contributed by atoms with Gasteiger partial charge in [-0.2, -0.15) is 0 Å². The number of ether oxygens (including phenoxy) is 1. The minimum Gasteiger partial charge on any atom is -0.433 e. The van der Waals surface area contributed by atoms with Crippen LogP contribution in [0, 0.1) is 0 Å². The fourth-order valence-electron chi connectivity index (χ4n) is 1.21. The average molecular weight is 207 g/mol. The Morgan fingerprint density at radius 3 is 2.93 bits per heavy atom. The van der Waals surface area contributed by atoms with Crippen LogP contribution in [-0.2, 0) is 4.84 Å². The number of carbonyl (C=O) groups is 1. The lowest BCUT2D eigenvalue weighted by Crippen LogP contribution is -2.13. The molecule has 5 heteroatoms. The molecule has 1 heterocycles. The molecule has 0 aliphatic carbocycles. The lowest BCUT2D eigenvalue weighted by Gasteiger charge is -1.96. The van der Waals surface area contributed by atoms with Crippen LogP contribution in [0.1, 0.15) is 10.4 Å². The van der Waals surface area contributed by atoms with Crippen LogP contribution in [0.5, 0.6) is 5.75 Å². The Labute approximate surface area is 85.9 Å². The van der Waals surface area contributed by atoms with Crippen molar-refractivity contribution in [2.75, 3.05) is 13.2 Å². The first kappa shape index (κ1) is 9.67. The van der Waals surface area contributed by atoms with Crippen molar-refractivity contribution in [2.24, 2.45) is 5.16 Å². The topological polar surface area (TPSA) is 68.1 Å². The molecule has 0 amide bonds. The molecule has 1 aromatic rings. The summed E-state index contributed by atoms with van der Waals surface area (Å²) >= 11 is 0. The summed E-state index contributed by atoms with van der Waals surface area (Å²) in [7, 11) is 0. The van der Waals surface area contributed by atoms with Crippen LogP contribution in [0.3, 0.4) is 0 Å². The van der Waals surface area contributed by atoms with Crippen LogP contribution in [-0.4, -0.2) is 30.0 Å². The highest BCUT2D eigenvalue weighted by molar-refractivity contribution is 6.46. The summed E-state index contributed by atoms with van der Waals surface area (Å²) in [5, 5.41) is 12.0. The molecule has 0 saturated carbocycles. The van der Waals surface area contributed by atoms with Gasteiger partial charge in [-0.15, -0.1) is 0 Å². The quantitative estimate of drug-likeness (QED) is 0.581. The van der Waals surface area contributed by atoms with Crippen molar-refractivity contribution in [3.05, 3.63) is 29.8 Å². The molecule has 0 fully saturated rings. The van der Waals surface area contributed by atoms with Gasteiger partial charge in [0.1, 0.15) is 12.4 Å². The van der Waals surface area contributed by atoms with Crippen molar-refractivity contribution in [1.82, 2.24) is 0 Å². The summed E-state index contributed by atoms with van der Waals surface area (Å²) in [4.78, 5) is 16.3. The number of fused-ring (bicyclic) bond motifs is 1. The van der Waals surface area contributed by atoms with E-state index in [9.17, 15) is 4.79 Å². The number of nitrogens with zero attached hydrogens (tertiary/aromatic N) is 1. The van der Waals surface area contributed by atoms with E-state index in [4.69, 9.17) is 9.84 Å². The first-order valence-corrected chi connectivity index (χ1v) is 4.45. The van der Waals surface area contributed by atoms with Gasteiger partial charge in [-0.3, -0.25) is 4.79 Å². The smallest absolute Gasteiger partial charge is 0.304 e. The second-order valence-corrected chi connectivity index (χ2v) is 2.88. The molecule has 0 unspecified atom stereocenters. The van der Waals surface area contributed by atoms with Crippen LogP contribution >= 0.6 is 0 Å². The number of carbonyl (C=O) groups excluding carboxylic acids is 1. The number of hydrogen-bond donors (Lipinski definition) is 1. The minimum atomic E-state index is -0.302. The molecule has 2 rings (SSSR count). The molecule has 0 saturated heterocycles. The number of Topliss-reactive ketones (excluding diaryl/α,β-unsaturated/α-hetero) is 1. The Morgan fingerprint density at radius 2 is 2.20 bits per heavy atom. The normalized spacial score (nSPS) is 16.3. The van der Waals surface area contributed by atoms with Gasteiger partial charge in [-0.25, -0.2) is 0 Å². The third kappa shape index (κ3) is 1.82. The van der Waals surface area contributed by atoms with Crippen LogP contribution in [0.15, 0.2) is 29.4 Å². The van der Waals surface area contributed by atoms with Gasteiger partial charge < -0.3 is 14.7 Å². The number of aliphatic hydroxyl groups excluding tert-OH is 1. The van der Waals surface area contributed by atoms with Crippen LogP contribution in [0.2, 0.25) is 0 Å². The standard InChI is InChI=1S/C10H9NO4/c12-5-6-14-11-10-9(13)7-3-1-2-4-8(7)15-10/h1-4,12H,5-6H2. The first-order valence-electron chi connectivity index (χ1n) is 4.45. The van der Waals surface area contributed by atoms with Crippen LogP contribution < -0.4 is 4.74 Å². The third-order valence-electron chi connectivity index (χ3n) is 1.86. The van der Waals surface area contributed by atoms with E-state index in [1.165, 1.54) is 0 Å². The third-order valence-corrected chi connectivity index (χ3v) is 1.86. The molecule has 0 atom stereocenters. The molecule has 0 radical (unpaired) electrons. The van der Waals surface area contributed by atoms with Crippen molar-refractivity contribution in [2.45, 2.75) is 0 Å². The van der Waals surface area contributed by atoms with E-state index in [0.717, 1.165) is 0 Å². The van der Waals surface area contributed by atoms with Gasteiger partial charge in [0.25, 0.3) is 5.78 Å². The Morgan fingerprint density at radius 1 is 1.40 bits per heavy atom. The van der Waals surface area contributed by atoms with Gasteiger partial charge in [0.05, 0.1) is 12.2 Å². The van der Waals surface area contributed by atoms with Crippen molar-refractivity contribution in [1.29, 1.82) is 0 Å². The lowest BCUT2D eigenvalue weighted by molar-refractivity contribution is 0.0907. The highest BCUT2D eigenvalue weighted by atomic mass is 16.7. The molecule has 0 aromatic heterocycles. The predicted molar refractivity (Wildman–Crippen MR) is 51.9 cm³/mol. The molecule has 5 nitrogen and oxygen atoms in total. The summed E-state index contributed by atoms with van der Waals surface area (Å²) in [5.41, 5.74) is 0.476. The molecule has 1 aliphatic rings. The van der Waals surface area contributed by atoms with Gasteiger partial charge >= 0.3 is 5.90 Å². The van der Waals surface area contributed by atoms with E-state index in [1.54, 1.807) is 24.3 Å². The van der Waals surface area contributed by atoms with E-state index in [0.29, 0.717) is 11.3 Å². The maximum absolute atomic E-state index is 11.6. The van der Waals surface area contributed by atoms with Gasteiger partial charge in [0, 0.05) is 0 Å². The molecule has 1 aromatic carbocycles. The molecule has 1 N–H and O–H groups in total. The Kier molecular flexibility index (Phi) is 2.64. The van der Waals surface area contributed by atoms with Gasteiger partial charge in [-0.05, 0) is 17.3 Å². The molecule has 15 heavy (non-hydrogen) atoms. The maximum Gasteiger partial charge on any atom is 0.304 e. The SMILES string of the molecule is O=C1C(=NOCCO)Oc2ccccc21. The number of rotatable bonds is 3. The molecule has 1 aliphatic heterocycles. The molecular formula is C10H9NO4. The van der Waals surface area contributed by atoms with Crippen molar-refractivity contribution < 1.29 is 19.5 Å². The summed E-state index contributed by atoms with van der Waals surface area (Å²) in [6.45, 7) is -0.117. The zero-order chi connectivity index (χ0) is 10.7. The Bertz CT molecular complexity index is 414. The van der Waals surface area contributed by atoms with E-state index in [2.05, 4.69) is 9.99 Å². The number of aliphatic hydroxyl groups is 1. The number of para-hydroxylation sites is 1. The van der Waals surface area contributed by atoms with E-state index < -0.39 is 0 Å². The van der Waals surface area contributed by atoms with Crippen LogP contribution in [0.25, 0.3) is 0 Å². The minimum absolute atomic E-state index is 0.0382. The summed E-state index contributed by atoms with van der Waals surface area (Å²) in [6, 6.07) is 6.86. The van der Waals surface area contributed by atoms with Gasteiger partial charge in [-0.1, -0.05) is 12.1 Å². The Hall–Kier alpha value is -1.88. The van der Waals surface area contributed by atoms with E-state index in [-0.39, 0.29) is 24.9 Å². The monoisotopic (exact) mass is 207 g/mol. The largest absolute Gasteiger partial charge is 0.433 e. The molecule has 78 valence electrons. The highest BCUT2D eigenvalue weighted by Gasteiger charge is 2.29. The second kappa shape index (κ2) is 4.10. The fraction of sp³-hybridized carbons (Fsp3) is 0.200. The van der Waals surface area contributed by atoms with Crippen molar-refractivity contribution >= 4 is 11.7 Å². The average Bonchev–Trinajstić information content (AvgIpc) is 2.57. The Balaban J connectivity index is 2.16. The number of ketones is 1. The highest BCUT2D eigenvalue weighted by Crippen LogP contribution is 2.25. The van der Waals surface area contributed by atoms with Crippen molar-refractivity contribution in [3.63, 3.8) is 0 Å². The molecular weight excluding hydrogens is 198 g/mol. The summed E-state index contributed by atoms with van der Waals surface area (Å²) in [5.74, 6) is 0.0852. The first-order chi connectivity index (χ1) is 7.33. The summed E-state index contributed by atoms with van der Waals surface area (Å²) < 4.78 is 5.16. The summed E-state index contributed by atoms with van der Waals surface area (Å²) in [6.07, 6.45) is 0. The predicted octanol–water partition coefficient (Wildman–Crippen LogP) is 0.584. The second-order valence-electron chi connectivity index (χ2n) is 2.88. The van der Waals surface area contributed by atoms with Gasteiger partial charge in [0.2, 0.25) is 0 Å². The fourth-order valence-corrected chi connectivity index (χ4v) is 1.21. The number of hydrogen-bond acceptors (Lipinski definition) is 5. The zero-order valence-electron chi connectivity index (χ0n) is 7.84. The zero-order valence-corrected chi connectivity index (χ0v) is 7.84. The lowest BCUT2D eigenvalue weighted by atomic mass is 10.1. The molecule has 0 spiro atoms. The van der Waals surface area contributed by atoms with Gasteiger partial charge in [0.15, 0.2) is 0 Å². The molecule has 0 bridgehead atoms.